The molecule has 3 atom stereocenters. The lowest BCUT2D eigenvalue weighted by atomic mass is 10.1. The number of hydrogen-bond donors (Lipinski definition) is 5. The van der Waals surface area contributed by atoms with Gasteiger partial charge in [0.05, 0.1) is 18.8 Å². The van der Waals surface area contributed by atoms with E-state index in [0.29, 0.717) is 18.5 Å². The number of ether oxygens (including phenoxy) is 1. The SMILES string of the molecule is CCCN(CCC)c1ccc2cc(/C=C(\C#N)SO)ccc2c1.CO.NC1CC(O)COC1O. The van der Waals surface area contributed by atoms with E-state index in [9.17, 15) is 0 Å². The van der Waals surface area contributed by atoms with Crippen molar-refractivity contribution in [1.82, 2.24) is 0 Å². The average Bonchev–Trinajstić information content (AvgIpc) is 2.86. The molecular weight excluding hydrogens is 454 g/mol. The molecule has 1 aliphatic heterocycles. The van der Waals surface area contributed by atoms with Crippen LogP contribution < -0.4 is 10.6 Å². The van der Waals surface area contributed by atoms with E-state index in [4.69, 9.17) is 30.9 Å². The van der Waals surface area contributed by atoms with Crippen molar-refractivity contribution in [3.05, 3.63) is 46.9 Å². The van der Waals surface area contributed by atoms with Gasteiger partial charge in [-0.3, -0.25) is 0 Å². The maximum atomic E-state index is 9.02. The third kappa shape index (κ3) is 9.60. The molecule has 0 aromatic heterocycles. The Morgan fingerprint density at radius 3 is 2.29 bits per heavy atom. The average molecular weight is 492 g/mol. The van der Waals surface area contributed by atoms with Crippen LogP contribution in [0.4, 0.5) is 5.69 Å². The van der Waals surface area contributed by atoms with Gasteiger partial charge in [-0.1, -0.05) is 32.0 Å². The maximum absolute atomic E-state index is 9.02. The number of anilines is 1. The third-order valence-electron chi connectivity index (χ3n) is 5.08. The maximum Gasteiger partial charge on any atom is 0.169 e. The third-order valence-corrected chi connectivity index (χ3v) is 5.48. The molecule has 8 nitrogen and oxygen atoms in total. The summed E-state index contributed by atoms with van der Waals surface area (Å²) in [4.78, 5) is 2.71. The second-order valence-corrected chi connectivity index (χ2v) is 8.39. The van der Waals surface area contributed by atoms with Crippen LogP contribution in [0.3, 0.4) is 0 Å². The number of fused-ring (bicyclic) bond motifs is 1. The van der Waals surface area contributed by atoms with Crippen LogP contribution in [-0.4, -0.2) is 65.1 Å². The van der Waals surface area contributed by atoms with Crippen LogP contribution in [0.15, 0.2) is 41.3 Å². The Labute approximate surface area is 206 Å². The van der Waals surface area contributed by atoms with Crippen LogP contribution in [0.1, 0.15) is 38.7 Å². The molecule has 3 unspecified atom stereocenters. The number of hydrogen-bond acceptors (Lipinski definition) is 9. The molecule has 1 heterocycles. The Morgan fingerprint density at radius 2 is 1.76 bits per heavy atom. The lowest BCUT2D eigenvalue weighted by Crippen LogP contribution is -2.46. The number of allylic oxidation sites excluding steroid dienone is 1. The summed E-state index contributed by atoms with van der Waals surface area (Å²) in [6.45, 7) is 6.73. The Balaban J connectivity index is 0.000000437. The molecule has 1 saturated heterocycles. The Kier molecular flexibility index (Phi) is 14.5. The van der Waals surface area contributed by atoms with E-state index in [2.05, 4.69) is 47.7 Å². The van der Waals surface area contributed by atoms with Gasteiger partial charge in [0.25, 0.3) is 0 Å². The molecule has 2 aromatic carbocycles. The number of nitrogens with zero attached hydrogens (tertiary/aromatic N) is 2. The molecule has 1 aliphatic rings. The lowest BCUT2D eigenvalue weighted by Gasteiger charge is -2.27. The van der Waals surface area contributed by atoms with E-state index < -0.39 is 18.4 Å². The number of nitrogens with two attached hydrogens (primary N) is 1. The van der Waals surface area contributed by atoms with Crippen molar-refractivity contribution in [1.29, 1.82) is 5.26 Å². The number of nitriles is 1. The minimum absolute atomic E-state index is 0.189. The van der Waals surface area contributed by atoms with Crippen LogP contribution in [0.5, 0.6) is 0 Å². The standard InChI is InChI=1S/C19H22N2OS.C5H11NO3.CH4O/c1-3-9-21(10-4-2)18-8-7-16-11-15(5-6-17(16)13-18)12-19(14-20)23-22;6-4-1-3(7)2-9-5(4)8;1-2/h5-8,11-13,22H,3-4,9-10H2,1-2H3;3-5,7-8H,1-2,6H2;2H,1H3/b19-12+;;. The van der Waals surface area contributed by atoms with Crippen molar-refractivity contribution < 1.29 is 24.6 Å². The summed E-state index contributed by atoms with van der Waals surface area (Å²) < 4.78 is 13.7. The van der Waals surface area contributed by atoms with Crippen molar-refractivity contribution >= 4 is 34.6 Å². The Hall–Kier alpha value is -2.16. The molecule has 0 bridgehead atoms. The summed E-state index contributed by atoms with van der Waals surface area (Å²) in [5.74, 6) is 0. The van der Waals surface area contributed by atoms with Gasteiger partial charge in [0.2, 0.25) is 0 Å². The number of aliphatic hydroxyl groups is 3. The van der Waals surface area contributed by atoms with Crippen molar-refractivity contribution in [2.75, 3.05) is 31.7 Å². The van der Waals surface area contributed by atoms with Gasteiger partial charge < -0.3 is 35.2 Å². The van der Waals surface area contributed by atoms with E-state index in [-0.39, 0.29) is 11.5 Å². The zero-order valence-corrected chi connectivity index (χ0v) is 20.9. The Bertz CT molecular complexity index is 928. The summed E-state index contributed by atoms with van der Waals surface area (Å²) in [7, 11) is 1.00. The molecule has 188 valence electrons. The fourth-order valence-corrected chi connectivity index (χ4v) is 3.74. The van der Waals surface area contributed by atoms with Crippen LogP contribution in [0.25, 0.3) is 16.8 Å². The number of aliphatic hydroxyl groups excluding tert-OH is 3. The fourth-order valence-electron chi connectivity index (χ4n) is 3.51. The first-order valence-corrected chi connectivity index (χ1v) is 12.1. The van der Waals surface area contributed by atoms with Crippen molar-refractivity contribution in [2.45, 2.75) is 51.5 Å². The van der Waals surface area contributed by atoms with Gasteiger partial charge in [0.15, 0.2) is 6.29 Å². The predicted molar refractivity (Wildman–Crippen MR) is 139 cm³/mol. The molecule has 1 fully saturated rings. The van der Waals surface area contributed by atoms with Gasteiger partial charge in [0.1, 0.15) is 11.0 Å². The van der Waals surface area contributed by atoms with Gasteiger partial charge in [0, 0.05) is 37.9 Å². The Morgan fingerprint density at radius 1 is 1.15 bits per heavy atom. The molecule has 0 spiro atoms. The summed E-state index contributed by atoms with van der Waals surface area (Å²) in [5.41, 5.74) is 7.51. The molecule has 0 radical (unpaired) electrons. The van der Waals surface area contributed by atoms with Gasteiger partial charge >= 0.3 is 0 Å². The molecule has 9 heteroatoms. The second kappa shape index (κ2) is 16.5. The fraction of sp³-hybridized carbons (Fsp3) is 0.480. The van der Waals surface area contributed by atoms with Crippen molar-refractivity contribution in [2.24, 2.45) is 5.73 Å². The minimum atomic E-state index is -0.895. The van der Waals surface area contributed by atoms with E-state index in [0.717, 1.165) is 44.0 Å². The number of benzene rings is 2. The van der Waals surface area contributed by atoms with Crippen LogP contribution in [0.2, 0.25) is 0 Å². The summed E-state index contributed by atoms with van der Waals surface area (Å²) >= 11 is 0.481. The molecular formula is C25H37N3O5S. The van der Waals surface area contributed by atoms with E-state index in [1.807, 2.05) is 18.2 Å². The van der Waals surface area contributed by atoms with E-state index in [1.54, 1.807) is 6.08 Å². The quantitative estimate of drug-likeness (QED) is 0.290. The lowest BCUT2D eigenvalue weighted by molar-refractivity contribution is -0.166. The molecule has 2 aromatic rings. The van der Waals surface area contributed by atoms with Gasteiger partial charge in [-0.25, -0.2) is 0 Å². The first-order valence-electron chi connectivity index (χ1n) is 11.3. The highest BCUT2D eigenvalue weighted by molar-refractivity contribution is 7.98. The molecule has 34 heavy (non-hydrogen) atoms. The molecule has 0 aliphatic carbocycles. The summed E-state index contributed by atoms with van der Waals surface area (Å²) in [6.07, 6.45) is 2.98. The van der Waals surface area contributed by atoms with E-state index >= 15 is 0 Å². The summed E-state index contributed by atoms with van der Waals surface area (Å²) in [5, 5.41) is 35.9. The highest BCUT2D eigenvalue weighted by Gasteiger charge is 2.25. The zero-order valence-electron chi connectivity index (χ0n) is 20.1. The first kappa shape index (κ1) is 29.9. The number of rotatable bonds is 7. The largest absolute Gasteiger partial charge is 0.400 e. The second-order valence-electron chi connectivity index (χ2n) is 7.77. The van der Waals surface area contributed by atoms with Crippen molar-refractivity contribution in [3.63, 3.8) is 0 Å². The van der Waals surface area contributed by atoms with Gasteiger partial charge in [-0.15, -0.1) is 0 Å². The highest BCUT2D eigenvalue weighted by Crippen LogP contribution is 2.25. The van der Waals surface area contributed by atoms with Crippen LogP contribution in [0, 0.1) is 11.3 Å². The van der Waals surface area contributed by atoms with Gasteiger partial charge in [-0.05, 0) is 59.9 Å². The normalized spacial score (nSPS) is 19.9. The monoisotopic (exact) mass is 491 g/mol. The van der Waals surface area contributed by atoms with Crippen LogP contribution >= 0.6 is 12.0 Å². The molecule has 3 rings (SSSR count). The molecule has 0 saturated carbocycles. The van der Waals surface area contributed by atoms with Crippen LogP contribution in [-0.2, 0) is 4.74 Å². The minimum Gasteiger partial charge on any atom is -0.400 e. The summed E-state index contributed by atoms with van der Waals surface area (Å²) in [6, 6.07) is 14.1. The predicted octanol–water partition coefficient (Wildman–Crippen LogP) is 3.56. The van der Waals surface area contributed by atoms with Gasteiger partial charge in [-0.2, -0.15) is 5.26 Å². The zero-order chi connectivity index (χ0) is 25.5. The molecule has 0 amide bonds. The smallest absolute Gasteiger partial charge is 0.169 e. The highest BCUT2D eigenvalue weighted by atomic mass is 32.2. The first-order chi connectivity index (χ1) is 16.4. The van der Waals surface area contributed by atoms with E-state index in [1.165, 1.54) is 11.1 Å². The van der Waals surface area contributed by atoms with Crippen molar-refractivity contribution in [3.8, 4) is 6.07 Å². The topological polar surface area (TPSA) is 143 Å². The molecule has 6 N–H and O–H groups in total.